The van der Waals surface area contributed by atoms with Crippen molar-refractivity contribution in [2.24, 2.45) is 0 Å². The van der Waals surface area contributed by atoms with Crippen LogP contribution < -0.4 is 5.32 Å². The molecule has 1 atom stereocenters. The van der Waals surface area contributed by atoms with Gasteiger partial charge in [-0.3, -0.25) is 9.59 Å². The Morgan fingerprint density at radius 2 is 2.00 bits per heavy atom. The van der Waals surface area contributed by atoms with Crippen molar-refractivity contribution < 1.29 is 9.59 Å². The molecular weight excluding hydrogens is 254 g/mol. The van der Waals surface area contributed by atoms with Gasteiger partial charge in [-0.05, 0) is 25.0 Å². The number of amides is 2. The number of likely N-dealkylation sites (N-methyl/N-ethyl adjacent to an activating group) is 1. The fourth-order valence-electron chi connectivity index (χ4n) is 2.61. The van der Waals surface area contributed by atoms with Crippen LogP contribution in [0.25, 0.3) is 0 Å². The zero-order valence-corrected chi connectivity index (χ0v) is 12.2. The summed E-state index contributed by atoms with van der Waals surface area (Å²) in [6.07, 6.45) is 1.61. The maximum absolute atomic E-state index is 12.7. The average molecular weight is 275 g/mol. The normalized spacial score (nSPS) is 17.9. The van der Waals surface area contributed by atoms with Gasteiger partial charge in [-0.15, -0.1) is 0 Å². The number of anilines is 1. The van der Waals surface area contributed by atoms with Crippen molar-refractivity contribution >= 4 is 17.5 Å². The summed E-state index contributed by atoms with van der Waals surface area (Å²) in [5.74, 6) is -0.0783. The summed E-state index contributed by atoms with van der Waals surface area (Å²) in [7, 11) is 5.24. The molecule has 1 aliphatic rings. The molecule has 1 aromatic carbocycles. The van der Waals surface area contributed by atoms with Crippen molar-refractivity contribution in [3.8, 4) is 0 Å². The first kappa shape index (κ1) is 14.4. The third kappa shape index (κ3) is 2.61. The lowest BCUT2D eigenvalue weighted by Gasteiger charge is -2.27. The van der Waals surface area contributed by atoms with Gasteiger partial charge in [0.2, 0.25) is 5.91 Å². The number of nitrogens with one attached hydrogen (secondary N) is 1. The monoisotopic (exact) mass is 275 g/mol. The van der Waals surface area contributed by atoms with Crippen molar-refractivity contribution in [2.45, 2.75) is 18.9 Å². The van der Waals surface area contributed by atoms with Crippen LogP contribution in [0, 0.1) is 0 Å². The molecule has 1 saturated heterocycles. The lowest BCUT2D eigenvalue weighted by Crippen LogP contribution is -2.45. The molecule has 0 aliphatic carbocycles. The van der Waals surface area contributed by atoms with E-state index < -0.39 is 0 Å². The fraction of sp³-hybridized carbons (Fsp3) is 0.467. The molecule has 2 amide bonds. The second-order valence-electron chi connectivity index (χ2n) is 5.18. The Balaban J connectivity index is 2.26. The molecule has 0 radical (unpaired) electrons. The summed E-state index contributed by atoms with van der Waals surface area (Å²) >= 11 is 0. The molecule has 1 fully saturated rings. The van der Waals surface area contributed by atoms with E-state index in [1.54, 1.807) is 37.0 Å². The van der Waals surface area contributed by atoms with Crippen LogP contribution >= 0.6 is 0 Å². The second kappa shape index (κ2) is 5.94. The lowest BCUT2D eigenvalue weighted by atomic mass is 10.1. The number of carbonyl (C=O) groups is 2. The van der Waals surface area contributed by atoms with E-state index in [9.17, 15) is 9.59 Å². The highest BCUT2D eigenvalue weighted by molar-refractivity contribution is 6.02. The Labute approximate surface area is 119 Å². The third-order valence-corrected chi connectivity index (χ3v) is 3.67. The van der Waals surface area contributed by atoms with Crippen LogP contribution in [0.3, 0.4) is 0 Å². The van der Waals surface area contributed by atoms with E-state index in [0.29, 0.717) is 12.1 Å². The lowest BCUT2D eigenvalue weighted by molar-refractivity contribution is -0.132. The summed E-state index contributed by atoms with van der Waals surface area (Å²) in [4.78, 5) is 28.1. The van der Waals surface area contributed by atoms with Gasteiger partial charge in [-0.1, -0.05) is 12.1 Å². The quantitative estimate of drug-likeness (QED) is 0.907. The molecule has 1 aromatic rings. The molecule has 1 heterocycles. The zero-order valence-electron chi connectivity index (χ0n) is 12.2. The minimum Gasteiger partial charge on any atom is -0.387 e. The van der Waals surface area contributed by atoms with Crippen molar-refractivity contribution in [3.63, 3.8) is 0 Å². The van der Waals surface area contributed by atoms with Crippen molar-refractivity contribution in [1.82, 2.24) is 9.80 Å². The van der Waals surface area contributed by atoms with E-state index in [-0.39, 0.29) is 17.9 Å². The zero-order chi connectivity index (χ0) is 14.7. The van der Waals surface area contributed by atoms with Crippen LogP contribution in [-0.4, -0.2) is 55.3 Å². The molecule has 5 nitrogen and oxygen atoms in total. The van der Waals surface area contributed by atoms with Gasteiger partial charge >= 0.3 is 0 Å². The highest BCUT2D eigenvalue weighted by Gasteiger charge is 2.35. The standard InChI is InChI=1S/C15H21N3O2/c1-16-12-8-5-4-7-11(12)14(19)18-10-6-9-13(18)15(20)17(2)3/h4-5,7-8,13,16H,6,9-10H2,1-3H3. The Morgan fingerprint density at radius 3 is 2.65 bits per heavy atom. The van der Waals surface area contributed by atoms with Gasteiger partial charge in [0.15, 0.2) is 0 Å². The largest absolute Gasteiger partial charge is 0.387 e. The highest BCUT2D eigenvalue weighted by atomic mass is 16.2. The van der Waals surface area contributed by atoms with Crippen LogP contribution in [0.5, 0.6) is 0 Å². The minimum absolute atomic E-state index is 0.00205. The average Bonchev–Trinajstić information content (AvgIpc) is 2.94. The van der Waals surface area contributed by atoms with Gasteiger partial charge in [0, 0.05) is 33.4 Å². The molecule has 0 spiro atoms. The molecule has 1 aliphatic heterocycles. The van der Waals surface area contributed by atoms with E-state index in [0.717, 1.165) is 18.5 Å². The second-order valence-corrected chi connectivity index (χ2v) is 5.18. The maximum atomic E-state index is 12.7. The van der Waals surface area contributed by atoms with Crippen LogP contribution in [0.4, 0.5) is 5.69 Å². The fourth-order valence-corrected chi connectivity index (χ4v) is 2.61. The number of rotatable bonds is 3. The Kier molecular flexibility index (Phi) is 4.27. The summed E-state index contributed by atoms with van der Waals surface area (Å²) in [6.45, 7) is 0.640. The molecule has 0 saturated carbocycles. The number of para-hydroxylation sites is 1. The minimum atomic E-state index is -0.331. The van der Waals surface area contributed by atoms with Crippen molar-refractivity contribution in [2.75, 3.05) is 33.0 Å². The number of hydrogen-bond donors (Lipinski definition) is 1. The Hall–Kier alpha value is -2.04. The number of nitrogens with zero attached hydrogens (tertiary/aromatic N) is 2. The molecule has 0 aromatic heterocycles. The van der Waals surface area contributed by atoms with E-state index in [1.807, 2.05) is 18.2 Å². The number of carbonyl (C=O) groups excluding carboxylic acids is 2. The Morgan fingerprint density at radius 1 is 1.30 bits per heavy atom. The van der Waals surface area contributed by atoms with Crippen molar-refractivity contribution in [1.29, 1.82) is 0 Å². The van der Waals surface area contributed by atoms with E-state index in [2.05, 4.69) is 5.32 Å². The molecule has 1 unspecified atom stereocenters. The van der Waals surface area contributed by atoms with Gasteiger partial charge < -0.3 is 15.1 Å². The molecule has 108 valence electrons. The smallest absolute Gasteiger partial charge is 0.256 e. The summed E-state index contributed by atoms with van der Waals surface area (Å²) < 4.78 is 0. The summed E-state index contributed by atoms with van der Waals surface area (Å²) in [6, 6.07) is 7.06. The van der Waals surface area contributed by atoms with Gasteiger partial charge in [0.05, 0.1) is 5.56 Å². The molecule has 1 N–H and O–H groups in total. The first-order valence-corrected chi connectivity index (χ1v) is 6.85. The van der Waals surface area contributed by atoms with Crippen molar-refractivity contribution in [3.05, 3.63) is 29.8 Å². The van der Waals surface area contributed by atoms with Gasteiger partial charge in [-0.2, -0.15) is 0 Å². The highest BCUT2D eigenvalue weighted by Crippen LogP contribution is 2.24. The third-order valence-electron chi connectivity index (χ3n) is 3.67. The van der Waals surface area contributed by atoms with Crippen LogP contribution in [0.2, 0.25) is 0 Å². The van der Waals surface area contributed by atoms with Gasteiger partial charge in [0.1, 0.15) is 6.04 Å². The maximum Gasteiger partial charge on any atom is 0.256 e. The summed E-state index contributed by atoms with van der Waals surface area (Å²) in [5.41, 5.74) is 1.41. The molecule has 20 heavy (non-hydrogen) atoms. The SMILES string of the molecule is CNc1ccccc1C(=O)N1CCCC1C(=O)N(C)C. The first-order chi connectivity index (χ1) is 9.56. The molecular formula is C15H21N3O2. The van der Waals surface area contributed by atoms with Crippen LogP contribution in [0.1, 0.15) is 23.2 Å². The molecule has 5 heteroatoms. The predicted molar refractivity (Wildman–Crippen MR) is 78.7 cm³/mol. The topological polar surface area (TPSA) is 52.7 Å². The Bertz CT molecular complexity index is 514. The predicted octanol–water partition coefficient (Wildman–Crippen LogP) is 1.42. The van der Waals surface area contributed by atoms with Gasteiger partial charge in [-0.25, -0.2) is 0 Å². The number of benzene rings is 1. The number of hydrogen-bond acceptors (Lipinski definition) is 3. The van der Waals surface area contributed by atoms with Crippen LogP contribution in [0.15, 0.2) is 24.3 Å². The first-order valence-electron chi connectivity index (χ1n) is 6.85. The molecule has 2 rings (SSSR count). The summed E-state index contributed by atoms with van der Waals surface area (Å²) in [5, 5.41) is 3.02. The number of likely N-dealkylation sites (tertiary alicyclic amines) is 1. The van der Waals surface area contributed by atoms with E-state index in [4.69, 9.17) is 0 Å². The van der Waals surface area contributed by atoms with E-state index in [1.165, 1.54) is 0 Å². The van der Waals surface area contributed by atoms with Gasteiger partial charge in [0.25, 0.3) is 5.91 Å². The molecule has 0 bridgehead atoms. The van der Waals surface area contributed by atoms with E-state index >= 15 is 0 Å². The van der Waals surface area contributed by atoms with Crippen LogP contribution in [-0.2, 0) is 4.79 Å².